The second-order valence-electron chi connectivity index (χ2n) is 4.02. The summed E-state index contributed by atoms with van der Waals surface area (Å²) >= 11 is 0. The number of hydrogen-bond acceptors (Lipinski definition) is 2. The average Bonchev–Trinajstić information content (AvgIpc) is 2.51. The Labute approximate surface area is 94.4 Å². The van der Waals surface area contributed by atoms with Crippen molar-refractivity contribution in [3.8, 4) is 5.75 Å². The van der Waals surface area contributed by atoms with Gasteiger partial charge in [-0.05, 0) is 37.0 Å². The summed E-state index contributed by atoms with van der Waals surface area (Å²) < 4.78 is 18.9. The van der Waals surface area contributed by atoms with Crippen molar-refractivity contribution in [3.63, 3.8) is 0 Å². The van der Waals surface area contributed by atoms with Gasteiger partial charge in [0.05, 0.1) is 12.2 Å². The smallest absolute Gasteiger partial charge is 0.166 e. The van der Waals surface area contributed by atoms with Crippen LogP contribution in [0.15, 0.2) is 12.1 Å². The highest BCUT2D eigenvalue weighted by atomic mass is 19.1. The van der Waals surface area contributed by atoms with E-state index in [1.807, 2.05) is 0 Å². The second-order valence-corrected chi connectivity index (χ2v) is 4.02. The number of ketones is 1. The third kappa shape index (κ3) is 2.08. The molecule has 2 nitrogen and oxygen atoms in total. The van der Waals surface area contributed by atoms with Crippen LogP contribution in [0.3, 0.4) is 0 Å². The van der Waals surface area contributed by atoms with Crippen LogP contribution in [-0.2, 0) is 6.42 Å². The molecule has 0 bridgehead atoms. The molecule has 0 unspecified atom stereocenters. The Morgan fingerprint density at radius 3 is 3.00 bits per heavy atom. The standard InChI is InChI=1S/C13H15FO2/c1-2-12(15)11-8-10(14)7-9-5-3-4-6-16-13(9)11/h7-8H,2-6H2,1H3. The van der Waals surface area contributed by atoms with Gasteiger partial charge >= 0.3 is 0 Å². The molecule has 16 heavy (non-hydrogen) atoms. The molecular formula is C13H15FO2. The molecule has 86 valence electrons. The van der Waals surface area contributed by atoms with E-state index in [-0.39, 0.29) is 11.6 Å². The maximum atomic E-state index is 13.4. The molecule has 0 aliphatic carbocycles. The van der Waals surface area contributed by atoms with Gasteiger partial charge in [0.2, 0.25) is 0 Å². The highest BCUT2D eigenvalue weighted by Crippen LogP contribution is 2.30. The predicted molar refractivity (Wildman–Crippen MR) is 59.5 cm³/mol. The monoisotopic (exact) mass is 222 g/mol. The molecule has 0 saturated carbocycles. The highest BCUT2D eigenvalue weighted by Gasteiger charge is 2.18. The first kappa shape index (κ1) is 11.1. The van der Waals surface area contributed by atoms with Gasteiger partial charge in [-0.1, -0.05) is 6.92 Å². The summed E-state index contributed by atoms with van der Waals surface area (Å²) in [7, 11) is 0. The SMILES string of the molecule is CCC(=O)c1cc(F)cc2c1OCCCC2. The molecule has 0 amide bonds. The van der Waals surface area contributed by atoms with Gasteiger partial charge in [0.15, 0.2) is 5.78 Å². The van der Waals surface area contributed by atoms with E-state index >= 15 is 0 Å². The summed E-state index contributed by atoms with van der Waals surface area (Å²) in [5.41, 5.74) is 1.23. The number of Topliss-reactive ketones (excluding diaryl/α,β-unsaturated/α-hetero) is 1. The molecule has 1 aliphatic heterocycles. The van der Waals surface area contributed by atoms with Crippen molar-refractivity contribution in [2.75, 3.05) is 6.61 Å². The Hall–Kier alpha value is -1.38. The number of hydrogen-bond donors (Lipinski definition) is 0. The van der Waals surface area contributed by atoms with Gasteiger partial charge in [-0.3, -0.25) is 4.79 Å². The predicted octanol–water partition coefficient (Wildman–Crippen LogP) is 3.13. The minimum atomic E-state index is -0.346. The molecular weight excluding hydrogens is 207 g/mol. The minimum Gasteiger partial charge on any atom is -0.493 e. The summed E-state index contributed by atoms with van der Waals surface area (Å²) in [5, 5.41) is 0. The van der Waals surface area contributed by atoms with Gasteiger partial charge in [-0.15, -0.1) is 0 Å². The Bertz CT molecular complexity index is 413. The van der Waals surface area contributed by atoms with E-state index in [0.29, 0.717) is 24.3 Å². The molecule has 1 aliphatic rings. The lowest BCUT2D eigenvalue weighted by molar-refractivity contribution is 0.0983. The third-order valence-corrected chi connectivity index (χ3v) is 2.84. The van der Waals surface area contributed by atoms with Gasteiger partial charge in [0, 0.05) is 6.42 Å². The first-order valence-corrected chi connectivity index (χ1v) is 5.70. The molecule has 0 fully saturated rings. The Balaban J connectivity index is 2.50. The summed E-state index contributed by atoms with van der Waals surface area (Å²) in [6.45, 7) is 2.39. The van der Waals surface area contributed by atoms with Crippen LogP contribution in [0.1, 0.15) is 42.1 Å². The maximum Gasteiger partial charge on any atom is 0.166 e. The van der Waals surface area contributed by atoms with Crippen molar-refractivity contribution in [2.24, 2.45) is 0 Å². The lowest BCUT2D eigenvalue weighted by Crippen LogP contribution is -2.05. The molecule has 2 rings (SSSR count). The number of fused-ring (bicyclic) bond motifs is 1. The fraction of sp³-hybridized carbons (Fsp3) is 0.462. The van der Waals surface area contributed by atoms with Gasteiger partial charge in [-0.25, -0.2) is 4.39 Å². The van der Waals surface area contributed by atoms with E-state index in [1.54, 1.807) is 6.92 Å². The third-order valence-electron chi connectivity index (χ3n) is 2.84. The molecule has 1 heterocycles. The van der Waals surface area contributed by atoms with Gasteiger partial charge < -0.3 is 4.74 Å². The quantitative estimate of drug-likeness (QED) is 0.718. The van der Waals surface area contributed by atoms with E-state index in [4.69, 9.17) is 4.74 Å². The van der Waals surface area contributed by atoms with Crippen molar-refractivity contribution in [1.29, 1.82) is 0 Å². The first-order valence-electron chi connectivity index (χ1n) is 5.70. The minimum absolute atomic E-state index is 0.0577. The van der Waals surface area contributed by atoms with Crippen molar-refractivity contribution in [1.82, 2.24) is 0 Å². The fourth-order valence-corrected chi connectivity index (χ4v) is 2.00. The Kier molecular flexibility index (Phi) is 3.22. The van der Waals surface area contributed by atoms with Crippen molar-refractivity contribution < 1.29 is 13.9 Å². The summed E-state index contributed by atoms with van der Waals surface area (Å²) in [6, 6.07) is 2.77. The number of aryl methyl sites for hydroxylation is 1. The van der Waals surface area contributed by atoms with Gasteiger partial charge in [-0.2, -0.15) is 0 Å². The number of benzene rings is 1. The zero-order valence-electron chi connectivity index (χ0n) is 9.38. The van der Waals surface area contributed by atoms with Crippen LogP contribution < -0.4 is 4.74 Å². The average molecular weight is 222 g/mol. The zero-order chi connectivity index (χ0) is 11.5. The molecule has 0 spiro atoms. The number of carbonyl (C=O) groups is 1. The van der Waals surface area contributed by atoms with Crippen LogP contribution >= 0.6 is 0 Å². The number of halogens is 1. The number of carbonyl (C=O) groups excluding carboxylic acids is 1. The topological polar surface area (TPSA) is 26.3 Å². The Morgan fingerprint density at radius 1 is 1.44 bits per heavy atom. The van der Waals surface area contributed by atoms with Crippen molar-refractivity contribution >= 4 is 5.78 Å². The summed E-state index contributed by atoms with van der Waals surface area (Å²) in [4.78, 5) is 11.7. The Morgan fingerprint density at radius 2 is 2.25 bits per heavy atom. The molecule has 1 aromatic rings. The molecule has 0 saturated heterocycles. The molecule has 0 atom stereocenters. The van der Waals surface area contributed by atoms with Crippen molar-refractivity contribution in [2.45, 2.75) is 32.6 Å². The number of ether oxygens (including phenoxy) is 1. The van der Waals surface area contributed by atoms with Crippen LogP contribution in [0, 0.1) is 5.82 Å². The van der Waals surface area contributed by atoms with Crippen molar-refractivity contribution in [3.05, 3.63) is 29.1 Å². The molecule has 0 aromatic heterocycles. The van der Waals surface area contributed by atoms with Crippen LogP contribution in [0.5, 0.6) is 5.75 Å². The summed E-state index contributed by atoms with van der Waals surface area (Å²) in [5.74, 6) is 0.199. The van der Waals surface area contributed by atoms with Crippen LogP contribution in [0.25, 0.3) is 0 Å². The normalized spacial score (nSPS) is 14.9. The number of rotatable bonds is 2. The van der Waals surface area contributed by atoms with E-state index in [0.717, 1.165) is 24.8 Å². The van der Waals surface area contributed by atoms with Gasteiger partial charge in [0.25, 0.3) is 0 Å². The maximum absolute atomic E-state index is 13.4. The summed E-state index contributed by atoms with van der Waals surface area (Å²) in [6.07, 6.45) is 3.10. The van der Waals surface area contributed by atoms with E-state index < -0.39 is 0 Å². The lowest BCUT2D eigenvalue weighted by atomic mass is 10.0. The fourth-order valence-electron chi connectivity index (χ4n) is 2.00. The molecule has 0 N–H and O–H groups in total. The lowest BCUT2D eigenvalue weighted by Gasteiger charge is -2.11. The van der Waals surface area contributed by atoms with Gasteiger partial charge in [0.1, 0.15) is 11.6 Å². The van der Waals surface area contributed by atoms with Crippen LogP contribution in [0.4, 0.5) is 4.39 Å². The van der Waals surface area contributed by atoms with Crippen LogP contribution in [-0.4, -0.2) is 12.4 Å². The van der Waals surface area contributed by atoms with E-state index in [9.17, 15) is 9.18 Å². The first-order chi connectivity index (χ1) is 7.72. The highest BCUT2D eigenvalue weighted by molar-refractivity contribution is 5.98. The zero-order valence-corrected chi connectivity index (χ0v) is 9.38. The second kappa shape index (κ2) is 4.64. The molecule has 1 aromatic carbocycles. The molecule has 0 radical (unpaired) electrons. The van der Waals surface area contributed by atoms with E-state index in [2.05, 4.69) is 0 Å². The molecule has 3 heteroatoms. The van der Waals surface area contributed by atoms with Crippen LogP contribution in [0.2, 0.25) is 0 Å². The largest absolute Gasteiger partial charge is 0.493 e. The van der Waals surface area contributed by atoms with E-state index in [1.165, 1.54) is 12.1 Å².